The molecule has 8 heteroatoms. The van der Waals surface area contributed by atoms with Gasteiger partial charge in [-0.25, -0.2) is 0 Å². The van der Waals surface area contributed by atoms with Crippen molar-refractivity contribution in [1.29, 1.82) is 5.26 Å². The summed E-state index contributed by atoms with van der Waals surface area (Å²) in [5.74, 6) is 0.950. The number of ether oxygens (including phenoxy) is 1. The molecule has 2 aliphatic rings. The smallest absolute Gasteiger partial charge is 0.317 e. The molecule has 2 heterocycles. The van der Waals surface area contributed by atoms with E-state index in [4.69, 9.17) is 9.26 Å². The summed E-state index contributed by atoms with van der Waals surface area (Å²) < 4.78 is 11.2. The molecule has 1 N–H and O–H groups in total. The van der Waals surface area contributed by atoms with Gasteiger partial charge in [0, 0.05) is 17.2 Å². The Labute approximate surface area is 191 Å². The van der Waals surface area contributed by atoms with E-state index in [2.05, 4.69) is 27.2 Å². The van der Waals surface area contributed by atoms with Gasteiger partial charge in [-0.3, -0.25) is 9.69 Å². The Morgan fingerprint density at radius 1 is 1.36 bits per heavy atom. The summed E-state index contributed by atoms with van der Waals surface area (Å²) in [6, 6.07) is 13.6. The minimum Gasteiger partial charge on any atom is -0.490 e. The highest BCUT2D eigenvalue weighted by Gasteiger charge is 2.42. The molecule has 1 aliphatic heterocycles. The maximum atomic E-state index is 11.3. The predicted molar refractivity (Wildman–Crippen MR) is 119 cm³/mol. The van der Waals surface area contributed by atoms with E-state index in [-0.39, 0.29) is 18.7 Å². The molecule has 1 saturated heterocycles. The number of aromatic nitrogens is 2. The summed E-state index contributed by atoms with van der Waals surface area (Å²) in [4.78, 5) is 18.0. The zero-order chi connectivity index (χ0) is 23.1. The number of carboxylic acid groups (broad SMARTS) is 1. The van der Waals surface area contributed by atoms with Crippen LogP contribution in [-0.2, 0) is 11.2 Å². The summed E-state index contributed by atoms with van der Waals surface area (Å²) in [5, 5.41) is 23.0. The lowest BCUT2D eigenvalue weighted by atomic mass is 10.0. The molecule has 2 atom stereocenters. The highest BCUT2D eigenvalue weighted by Crippen LogP contribution is 2.48. The minimum atomic E-state index is -0.801. The number of nitriles is 1. The van der Waals surface area contributed by atoms with Crippen LogP contribution in [0.25, 0.3) is 22.8 Å². The summed E-state index contributed by atoms with van der Waals surface area (Å²) in [5.41, 5.74) is 4.29. The molecular weight excluding hydrogens is 420 g/mol. The van der Waals surface area contributed by atoms with E-state index < -0.39 is 5.97 Å². The molecular formula is C25H24N4O4. The first-order valence-corrected chi connectivity index (χ1v) is 11.1. The topological polar surface area (TPSA) is 112 Å². The maximum Gasteiger partial charge on any atom is 0.317 e. The number of rotatable bonds is 6. The van der Waals surface area contributed by atoms with Crippen molar-refractivity contribution in [1.82, 2.24) is 15.0 Å². The molecule has 1 aromatic heterocycles. The zero-order valence-electron chi connectivity index (χ0n) is 18.5. The van der Waals surface area contributed by atoms with Crippen molar-refractivity contribution in [3.05, 3.63) is 53.1 Å². The number of nitrogens with zero attached hydrogens (tertiary/aromatic N) is 4. The van der Waals surface area contributed by atoms with Gasteiger partial charge in [-0.2, -0.15) is 10.2 Å². The van der Waals surface area contributed by atoms with Crippen LogP contribution in [0.5, 0.6) is 5.75 Å². The molecule has 168 valence electrons. The van der Waals surface area contributed by atoms with Crippen LogP contribution in [0.3, 0.4) is 0 Å². The number of likely N-dealkylation sites (tertiary alicyclic amines) is 1. The molecule has 0 amide bonds. The summed E-state index contributed by atoms with van der Waals surface area (Å²) in [6.07, 6.45) is 1.81. The fourth-order valence-corrected chi connectivity index (χ4v) is 5.08. The largest absolute Gasteiger partial charge is 0.490 e. The number of hydrogen-bond donors (Lipinski definition) is 1. The van der Waals surface area contributed by atoms with Crippen molar-refractivity contribution < 1.29 is 19.2 Å². The second kappa shape index (κ2) is 8.34. The summed E-state index contributed by atoms with van der Waals surface area (Å²) >= 11 is 0. The van der Waals surface area contributed by atoms with Crippen molar-refractivity contribution in [3.8, 4) is 34.7 Å². The molecule has 1 aliphatic carbocycles. The lowest BCUT2D eigenvalue weighted by Gasteiger charge is -2.23. The third kappa shape index (κ3) is 3.85. The fraction of sp³-hybridized carbons (Fsp3) is 0.360. The molecule has 5 rings (SSSR count). The van der Waals surface area contributed by atoms with E-state index in [0.717, 1.165) is 36.1 Å². The van der Waals surface area contributed by atoms with Gasteiger partial charge >= 0.3 is 5.97 Å². The monoisotopic (exact) mass is 444 g/mol. The van der Waals surface area contributed by atoms with E-state index in [1.54, 1.807) is 18.2 Å². The van der Waals surface area contributed by atoms with E-state index >= 15 is 0 Å². The van der Waals surface area contributed by atoms with Crippen LogP contribution in [0.2, 0.25) is 0 Å². The molecule has 0 spiro atoms. The summed E-state index contributed by atoms with van der Waals surface area (Å²) in [7, 11) is 0. The van der Waals surface area contributed by atoms with E-state index in [9.17, 15) is 15.2 Å². The molecule has 8 nitrogen and oxygen atoms in total. The van der Waals surface area contributed by atoms with Gasteiger partial charge in [-0.15, -0.1) is 0 Å². The van der Waals surface area contributed by atoms with Crippen LogP contribution >= 0.6 is 0 Å². The minimum absolute atomic E-state index is 0.0379. The van der Waals surface area contributed by atoms with E-state index in [1.165, 1.54) is 0 Å². The Morgan fingerprint density at radius 2 is 2.21 bits per heavy atom. The van der Waals surface area contributed by atoms with Gasteiger partial charge in [0.25, 0.3) is 5.89 Å². The number of carbonyl (C=O) groups is 1. The molecule has 3 aromatic rings. The van der Waals surface area contributed by atoms with Gasteiger partial charge in [0.15, 0.2) is 0 Å². The Morgan fingerprint density at radius 3 is 2.97 bits per heavy atom. The van der Waals surface area contributed by atoms with E-state index in [0.29, 0.717) is 34.5 Å². The van der Waals surface area contributed by atoms with Gasteiger partial charge in [-0.05, 0) is 68.5 Å². The Hall–Kier alpha value is -3.70. The average Bonchev–Trinajstić information content (AvgIpc) is 3.49. The third-order valence-electron chi connectivity index (χ3n) is 6.34. The molecule has 0 bridgehead atoms. The SMILES string of the molecule is CC(C)Oc1ccc(-c2nc(-c3cccc4c3C[C@H]3CCN(CC(=O)O)[C@@H]43)no2)cc1C#N. The predicted octanol–water partition coefficient (Wildman–Crippen LogP) is 4.07. The first kappa shape index (κ1) is 21.2. The molecule has 0 saturated carbocycles. The lowest BCUT2D eigenvalue weighted by molar-refractivity contribution is -0.138. The van der Waals surface area contributed by atoms with Crippen LogP contribution < -0.4 is 4.74 Å². The van der Waals surface area contributed by atoms with Crippen molar-refractivity contribution in [2.75, 3.05) is 13.1 Å². The summed E-state index contributed by atoms with van der Waals surface area (Å²) in [6.45, 7) is 4.67. The number of benzene rings is 2. The van der Waals surface area contributed by atoms with Crippen molar-refractivity contribution in [2.45, 2.75) is 38.8 Å². The number of aliphatic carboxylic acids is 1. The number of hydrogen-bond acceptors (Lipinski definition) is 7. The Balaban J connectivity index is 1.46. The van der Waals surface area contributed by atoms with Crippen molar-refractivity contribution in [2.24, 2.45) is 5.92 Å². The molecule has 0 radical (unpaired) electrons. The molecule has 1 fully saturated rings. The first-order chi connectivity index (χ1) is 15.9. The van der Waals surface area contributed by atoms with Crippen LogP contribution in [0.4, 0.5) is 0 Å². The highest BCUT2D eigenvalue weighted by atomic mass is 16.5. The second-order valence-electron chi connectivity index (χ2n) is 8.85. The normalized spacial score (nSPS) is 19.3. The fourth-order valence-electron chi connectivity index (χ4n) is 5.08. The van der Waals surface area contributed by atoms with Crippen LogP contribution in [0.15, 0.2) is 40.9 Å². The van der Waals surface area contributed by atoms with Crippen LogP contribution in [-0.4, -0.2) is 45.3 Å². The molecule has 0 unspecified atom stereocenters. The van der Waals surface area contributed by atoms with Crippen molar-refractivity contribution in [3.63, 3.8) is 0 Å². The third-order valence-corrected chi connectivity index (χ3v) is 6.34. The van der Waals surface area contributed by atoms with E-state index in [1.807, 2.05) is 26.0 Å². The maximum absolute atomic E-state index is 11.3. The second-order valence-corrected chi connectivity index (χ2v) is 8.85. The van der Waals surface area contributed by atoms with Gasteiger partial charge in [0.2, 0.25) is 5.82 Å². The standard InChI is InChI=1S/C25H24N4O4/c1-14(2)32-21-7-6-16(10-17(21)12-26)25-27-24(28-33-25)19-5-3-4-18-20(19)11-15-8-9-29(23(15)18)13-22(30)31/h3-7,10,14-15,23H,8-9,11,13H2,1-2H3,(H,30,31)/t15-,23-/m1/s1. The highest BCUT2D eigenvalue weighted by molar-refractivity contribution is 5.70. The zero-order valence-corrected chi connectivity index (χ0v) is 18.5. The van der Waals surface area contributed by atoms with Crippen LogP contribution in [0, 0.1) is 17.2 Å². The van der Waals surface area contributed by atoms with Gasteiger partial charge < -0.3 is 14.4 Å². The Kier molecular flexibility index (Phi) is 5.35. The Bertz CT molecular complexity index is 1260. The molecule has 33 heavy (non-hydrogen) atoms. The number of fused-ring (bicyclic) bond motifs is 3. The first-order valence-electron chi connectivity index (χ1n) is 11.1. The molecule has 2 aromatic carbocycles. The lowest BCUT2D eigenvalue weighted by Crippen LogP contribution is -2.29. The van der Waals surface area contributed by atoms with Crippen LogP contribution in [0.1, 0.15) is 43.0 Å². The average molecular weight is 444 g/mol. The van der Waals surface area contributed by atoms with Crippen molar-refractivity contribution >= 4 is 5.97 Å². The van der Waals surface area contributed by atoms with Gasteiger partial charge in [0.05, 0.1) is 18.2 Å². The van der Waals surface area contributed by atoms with Gasteiger partial charge in [-0.1, -0.05) is 23.4 Å². The quantitative estimate of drug-likeness (QED) is 0.606. The number of carboxylic acids is 1. The van der Waals surface area contributed by atoms with Gasteiger partial charge in [0.1, 0.15) is 11.8 Å².